The topological polar surface area (TPSA) is 38.7 Å². The SMILES string of the molecule is CC.CC/C(C)=N/OCCCCCC=O.CCC. The zero-order valence-corrected chi connectivity index (χ0v) is 13.3. The monoisotopic (exact) mass is 259 g/mol. The van der Waals surface area contributed by atoms with E-state index in [9.17, 15) is 4.79 Å². The van der Waals surface area contributed by atoms with E-state index in [0.29, 0.717) is 13.0 Å². The molecule has 0 amide bonds. The van der Waals surface area contributed by atoms with E-state index in [1.807, 2.05) is 27.7 Å². The Labute approximate surface area is 114 Å². The lowest BCUT2D eigenvalue weighted by molar-refractivity contribution is -0.107. The summed E-state index contributed by atoms with van der Waals surface area (Å²) >= 11 is 0. The molecule has 0 aliphatic rings. The molecule has 0 spiro atoms. The van der Waals surface area contributed by atoms with Gasteiger partial charge >= 0.3 is 0 Å². The van der Waals surface area contributed by atoms with E-state index in [0.717, 1.165) is 37.7 Å². The van der Waals surface area contributed by atoms with Gasteiger partial charge in [-0.1, -0.05) is 46.2 Å². The van der Waals surface area contributed by atoms with Crippen molar-refractivity contribution in [3.8, 4) is 0 Å². The van der Waals surface area contributed by atoms with Crippen LogP contribution in [0.25, 0.3) is 0 Å². The van der Waals surface area contributed by atoms with Crippen LogP contribution in [0.5, 0.6) is 0 Å². The van der Waals surface area contributed by atoms with Crippen molar-refractivity contribution in [1.29, 1.82) is 0 Å². The van der Waals surface area contributed by atoms with Crippen LogP contribution in [0.4, 0.5) is 0 Å². The number of carbonyl (C=O) groups is 1. The molecule has 3 heteroatoms. The van der Waals surface area contributed by atoms with Gasteiger partial charge in [-0.25, -0.2) is 0 Å². The number of unbranched alkanes of at least 4 members (excludes halogenated alkanes) is 3. The molecule has 0 aliphatic carbocycles. The molecule has 0 aromatic rings. The molecule has 0 fully saturated rings. The maximum absolute atomic E-state index is 9.97. The minimum absolute atomic E-state index is 0.663. The van der Waals surface area contributed by atoms with Gasteiger partial charge < -0.3 is 9.63 Å². The van der Waals surface area contributed by atoms with E-state index >= 15 is 0 Å². The maximum atomic E-state index is 9.97. The Morgan fingerprint density at radius 3 is 2.11 bits per heavy atom. The average Bonchev–Trinajstić information content (AvgIpc) is 2.40. The Kier molecular flexibility index (Phi) is 31.1. The number of hydrogen-bond donors (Lipinski definition) is 0. The second-order valence-electron chi connectivity index (χ2n) is 3.74. The van der Waals surface area contributed by atoms with Gasteiger partial charge in [0, 0.05) is 6.42 Å². The average molecular weight is 259 g/mol. The number of aldehydes is 1. The highest BCUT2D eigenvalue weighted by atomic mass is 16.6. The van der Waals surface area contributed by atoms with Gasteiger partial charge in [0.05, 0.1) is 5.71 Å². The summed E-state index contributed by atoms with van der Waals surface area (Å²) in [5, 5.41) is 3.91. The molecule has 0 saturated heterocycles. The minimum Gasteiger partial charge on any atom is -0.396 e. The molecule has 0 rings (SSSR count). The second kappa shape index (κ2) is 25.1. The first-order valence-corrected chi connectivity index (χ1v) is 7.31. The van der Waals surface area contributed by atoms with E-state index in [-0.39, 0.29) is 0 Å². The van der Waals surface area contributed by atoms with Gasteiger partial charge in [-0.15, -0.1) is 0 Å². The standard InChI is InChI=1S/C10H19NO2.C3H8.C2H6/c1-3-10(2)11-13-9-7-5-4-6-8-12;1-3-2;1-2/h8H,3-7,9H2,1-2H3;3H2,1-2H3;1-2H3/b11-10+;;. The summed E-state index contributed by atoms with van der Waals surface area (Å²) in [7, 11) is 0. The quantitative estimate of drug-likeness (QED) is 0.266. The number of oxime groups is 1. The van der Waals surface area contributed by atoms with Crippen LogP contribution in [0.3, 0.4) is 0 Å². The summed E-state index contributed by atoms with van der Waals surface area (Å²) in [4.78, 5) is 15.0. The summed E-state index contributed by atoms with van der Waals surface area (Å²) in [6.45, 7) is 12.9. The van der Waals surface area contributed by atoms with Gasteiger partial charge in [-0.05, 0) is 32.6 Å². The van der Waals surface area contributed by atoms with Crippen molar-refractivity contribution in [2.45, 2.75) is 80.1 Å². The van der Waals surface area contributed by atoms with Gasteiger partial charge in [-0.2, -0.15) is 0 Å². The number of hydrogen-bond acceptors (Lipinski definition) is 3. The lowest BCUT2D eigenvalue weighted by atomic mass is 10.2. The first-order valence-electron chi connectivity index (χ1n) is 7.31. The summed E-state index contributed by atoms with van der Waals surface area (Å²) in [5.74, 6) is 0. The number of carbonyl (C=O) groups excluding carboxylic acids is 1. The largest absolute Gasteiger partial charge is 0.396 e. The Morgan fingerprint density at radius 2 is 1.67 bits per heavy atom. The Bertz CT molecular complexity index is 168. The lowest BCUT2D eigenvalue weighted by Crippen LogP contribution is -1.93. The molecular weight excluding hydrogens is 226 g/mol. The molecule has 110 valence electrons. The fourth-order valence-corrected chi connectivity index (χ4v) is 0.791. The first-order chi connectivity index (χ1) is 8.72. The summed E-state index contributed by atoms with van der Waals surface area (Å²) in [6.07, 6.45) is 6.79. The van der Waals surface area contributed by atoms with E-state index in [2.05, 4.69) is 19.0 Å². The first kappa shape index (κ1) is 22.3. The number of rotatable bonds is 8. The van der Waals surface area contributed by atoms with Crippen LogP contribution in [0.2, 0.25) is 0 Å². The molecular formula is C15H33NO2. The van der Waals surface area contributed by atoms with E-state index < -0.39 is 0 Å². The molecule has 3 nitrogen and oxygen atoms in total. The summed E-state index contributed by atoms with van der Waals surface area (Å²) in [6, 6.07) is 0. The number of nitrogens with zero attached hydrogens (tertiary/aromatic N) is 1. The van der Waals surface area contributed by atoms with Crippen molar-refractivity contribution in [2.24, 2.45) is 5.16 Å². The zero-order chi connectivity index (χ0) is 14.6. The lowest BCUT2D eigenvalue weighted by Gasteiger charge is -1.99. The maximum Gasteiger partial charge on any atom is 0.119 e. The third-order valence-electron chi connectivity index (χ3n) is 1.79. The van der Waals surface area contributed by atoms with Crippen molar-refractivity contribution >= 4 is 12.0 Å². The molecule has 0 heterocycles. The fourth-order valence-electron chi connectivity index (χ4n) is 0.791. The van der Waals surface area contributed by atoms with Crippen LogP contribution in [-0.4, -0.2) is 18.6 Å². The Morgan fingerprint density at radius 1 is 1.11 bits per heavy atom. The van der Waals surface area contributed by atoms with Crippen molar-refractivity contribution in [1.82, 2.24) is 0 Å². The normalized spacial score (nSPS) is 9.56. The highest BCUT2D eigenvalue weighted by Gasteiger charge is 1.90. The molecule has 0 N–H and O–H groups in total. The molecule has 0 unspecified atom stereocenters. The van der Waals surface area contributed by atoms with Gasteiger partial charge in [0.25, 0.3) is 0 Å². The van der Waals surface area contributed by atoms with Crippen molar-refractivity contribution < 1.29 is 9.63 Å². The van der Waals surface area contributed by atoms with Crippen molar-refractivity contribution in [2.75, 3.05) is 6.61 Å². The summed E-state index contributed by atoms with van der Waals surface area (Å²) in [5.41, 5.74) is 1.02. The van der Waals surface area contributed by atoms with Gasteiger partial charge in [-0.3, -0.25) is 0 Å². The molecule has 0 bridgehead atoms. The van der Waals surface area contributed by atoms with Crippen LogP contribution in [0, 0.1) is 0 Å². The fraction of sp³-hybridized carbons (Fsp3) is 0.867. The van der Waals surface area contributed by atoms with Gasteiger partial charge in [0.15, 0.2) is 0 Å². The van der Waals surface area contributed by atoms with Crippen molar-refractivity contribution in [3.05, 3.63) is 0 Å². The molecule has 0 aromatic heterocycles. The predicted octanol–water partition coefficient (Wildman–Crippen LogP) is 4.99. The molecule has 0 aromatic carbocycles. The van der Waals surface area contributed by atoms with Crippen LogP contribution in [0.1, 0.15) is 80.1 Å². The highest BCUT2D eigenvalue weighted by Crippen LogP contribution is 1.98. The van der Waals surface area contributed by atoms with Crippen LogP contribution < -0.4 is 0 Å². The van der Waals surface area contributed by atoms with Crippen LogP contribution >= 0.6 is 0 Å². The van der Waals surface area contributed by atoms with E-state index in [1.165, 1.54) is 6.42 Å². The Hall–Kier alpha value is -0.860. The predicted molar refractivity (Wildman–Crippen MR) is 81.2 cm³/mol. The van der Waals surface area contributed by atoms with E-state index in [4.69, 9.17) is 4.84 Å². The summed E-state index contributed by atoms with van der Waals surface area (Å²) < 4.78 is 0. The zero-order valence-electron chi connectivity index (χ0n) is 13.3. The molecule has 0 atom stereocenters. The van der Waals surface area contributed by atoms with E-state index in [1.54, 1.807) is 0 Å². The second-order valence-corrected chi connectivity index (χ2v) is 3.74. The van der Waals surface area contributed by atoms with Crippen LogP contribution in [-0.2, 0) is 9.63 Å². The molecule has 0 radical (unpaired) electrons. The third kappa shape index (κ3) is 29.4. The Balaban J connectivity index is -0.000000389. The van der Waals surface area contributed by atoms with Gasteiger partial charge in [0.2, 0.25) is 0 Å². The smallest absolute Gasteiger partial charge is 0.119 e. The minimum atomic E-state index is 0.663. The molecule has 0 saturated carbocycles. The third-order valence-corrected chi connectivity index (χ3v) is 1.79. The molecule has 0 aliphatic heterocycles. The van der Waals surface area contributed by atoms with Gasteiger partial charge in [0.1, 0.15) is 12.9 Å². The van der Waals surface area contributed by atoms with Crippen molar-refractivity contribution in [3.63, 3.8) is 0 Å². The van der Waals surface area contributed by atoms with Crippen LogP contribution in [0.15, 0.2) is 5.16 Å². The highest BCUT2D eigenvalue weighted by molar-refractivity contribution is 5.80. The molecule has 18 heavy (non-hydrogen) atoms.